The van der Waals surface area contributed by atoms with Crippen LogP contribution in [0.25, 0.3) is 0 Å². The molecule has 0 unspecified atom stereocenters. The second-order valence-electron chi connectivity index (χ2n) is 4.47. The van der Waals surface area contributed by atoms with Gasteiger partial charge in [-0.2, -0.15) is 0 Å². The molecule has 1 aromatic carbocycles. The van der Waals surface area contributed by atoms with Gasteiger partial charge in [0, 0.05) is 22.9 Å². The third kappa shape index (κ3) is 6.07. The maximum atomic E-state index is 5.73. The van der Waals surface area contributed by atoms with Crippen LogP contribution in [0.15, 0.2) is 28.7 Å². The zero-order valence-corrected chi connectivity index (χ0v) is 13.4. The molecule has 0 saturated heterocycles. The van der Waals surface area contributed by atoms with Gasteiger partial charge < -0.3 is 4.74 Å². The van der Waals surface area contributed by atoms with Gasteiger partial charge in [-0.3, -0.25) is 4.90 Å². The van der Waals surface area contributed by atoms with Crippen LogP contribution < -0.4 is 4.74 Å². The molecule has 0 atom stereocenters. The average molecular weight is 335 g/mol. The Bertz CT molecular complexity index is 329. The molecule has 102 valence electrons. The first-order valence-electron chi connectivity index (χ1n) is 6.32. The van der Waals surface area contributed by atoms with E-state index in [1.54, 1.807) is 0 Å². The number of hydrogen-bond donors (Lipinski definition) is 0. The van der Waals surface area contributed by atoms with E-state index in [1.165, 1.54) is 0 Å². The first-order valence-corrected chi connectivity index (χ1v) is 7.64. The maximum absolute atomic E-state index is 5.73. The molecule has 0 heterocycles. The highest BCUT2D eigenvalue weighted by molar-refractivity contribution is 9.10. The lowest BCUT2D eigenvalue weighted by atomic mass is 10.3. The van der Waals surface area contributed by atoms with Crippen molar-refractivity contribution in [1.29, 1.82) is 0 Å². The molecule has 0 aliphatic heterocycles. The van der Waals surface area contributed by atoms with Crippen molar-refractivity contribution in [3.8, 4) is 5.75 Å². The highest BCUT2D eigenvalue weighted by atomic mass is 79.9. The monoisotopic (exact) mass is 333 g/mol. The molecule has 4 heteroatoms. The summed E-state index contributed by atoms with van der Waals surface area (Å²) in [7, 11) is 0. The van der Waals surface area contributed by atoms with Crippen LogP contribution >= 0.6 is 27.5 Å². The van der Waals surface area contributed by atoms with Crippen molar-refractivity contribution >= 4 is 27.5 Å². The minimum Gasteiger partial charge on any atom is -0.492 e. The number of hydrogen-bond acceptors (Lipinski definition) is 2. The van der Waals surface area contributed by atoms with E-state index in [0.717, 1.165) is 35.6 Å². The predicted molar refractivity (Wildman–Crippen MR) is 81.7 cm³/mol. The van der Waals surface area contributed by atoms with Gasteiger partial charge in [-0.25, -0.2) is 0 Å². The van der Waals surface area contributed by atoms with Gasteiger partial charge in [0.25, 0.3) is 0 Å². The Morgan fingerprint density at radius 1 is 1.22 bits per heavy atom. The zero-order valence-electron chi connectivity index (χ0n) is 11.0. The minimum atomic E-state index is 0.529. The van der Waals surface area contributed by atoms with Gasteiger partial charge in [-0.1, -0.05) is 15.9 Å². The fourth-order valence-electron chi connectivity index (χ4n) is 1.70. The van der Waals surface area contributed by atoms with Crippen molar-refractivity contribution in [1.82, 2.24) is 4.90 Å². The summed E-state index contributed by atoms with van der Waals surface area (Å²) in [4.78, 5) is 2.39. The van der Waals surface area contributed by atoms with Gasteiger partial charge in [-0.15, -0.1) is 11.6 Å². The van der Waals surface area contributed by atoms with Crippen molar-refractivity contribution in [3.05, 3.63) is 28.7 Å². The Morgan fingerprint density at radius 2 is 1.89 bits per heavy atom. The summed E-state index contributed by atoms with van der Waals surface area (Å²) in [6, 6.07) is 8.46. The molecule has 1 aromatic rings. The highest BCUT2D eigenvalue weighted by Crippen LogP contribution is 2.16. The van der Waals surface area contributed by atoms with Crippen molar-refractivity contribution in [3.63, 3.8) is 0 Å². The van der Waals surface area contributed by atoms with Crippen LogP contribution in [-0.2, 0) is 0 Å². The quantitative estimate of drug-likeness (QED) is 0.662. The van der Waals surface area contributed by atoms with Crippen molar-refractivity contribution < 1.29 is 4.74 Å². The van der Waals surface area contributed by atoms with Crippen LogP contribution in [0, 0.1) is 0 Å². The smallest absolute Gasteiger partial charge is 0.119 e. The summed E-state index contributed by atoms with van der Waals surface area (Å²) >= 11 is 9.14. The average Bonchev–Trinajstić information content (AvgIpc) is 2.35. The van der Waals surface area contributed by atoms with Crippen LogP contribution in [0.2, 0.25) is 0 Å². The van der Waals surface area contributed by atoms with E-state index < -0.39 is 0 Å². The molecule has 0 aromatic heterocycles. The van der Waals surface area contributed by atoms with Gasteiger partial charge in [-0.05, 0) is 51.1 Å². The third-order valence-corrected chi connectivity index (χ3v) is 3.57. The zero-order chi connectivity index (χ0) is 13.4. The molecular weight excluding hydrogens is 314 g/mol. The van der Waals surface area contributed by atoms with Gasteiger partial charge in [0.2, 0.25) is 0 Å². The summed E-state index contributed by atoms with van der Waals surface area (Å²) in [6.45, 7) is 7.08. The van der Waals surface area contributed by atoms with Gasteiger partial charge in [0.1, 0.15) is 12.4 Å². The predicted octanol–water partition coefficient (Wildman–Crippen LogP) is 4.17. The fraction of sp³-hybridized carbons (Fsp3) is 0.571. The van der Waals surface area contributed by atoms with Crippen LogP contribution in [0.3, 0.4) is 0 Å². The number of nitrogens with zero attached hydrogens (tertiary/aromatic N) is 1. The largest absolute Gasteiger partial charge is 0.492 e. The van der Waals surface area contributed by atoms with Crippen LogP contribution in [0.1, 0.15) is 20.3 Å². The van der Waals surface area contributed by atoms with E-state index in [0.29, 0.717) is 12.6 Å². The van der Waals surface area contributed by atoms with Crippen LogP contribution in [0.4, 0.5) is 0 Å². The summed E-state index contributed by atoms with van der Waals surface area (Å²) in [5.74, 6) is 1.64. The molecule has 0 aliphatic carbocycles. The van der Waals surface area contributed by atoms with Gasteiger partial charge in [0.05, 0.1) is 0 Å². The molecule has 0 spiro atoms. The molecule has 18 heavy (non-hydrogen) atoms. The van der Waals surface area contributed by atoms with E-state index in [4.69, 9.17) is 16.3 Å². The molecule has 0 bridgehead atoms. The highest BCUT2D eigenvalue weighted by Gasteiger charge is 2.08. The van der Waals surface area contributed by atoms with E-state index in [9.17, 15) is 0 Å². The van der Waals surface area contributed by atoms with Crippen molar-refractivity contribution in [2.24, 2.45) is 0 Å². The Hall–Kier alpha value is -0.250. The van der Waals surface area contributed by atoms with E-state index in [2.05, 4.69) is 34.7 Å². The lowest BCUT2D eigenvalue weighted by Gasteiger charge is -2.26. The number of halogens is 2. The number of alkyl halides is 1. The molecular formula is C14H21BrClNO. The molecule has 1 rings (SSSR count). The van der Waals surface area contributed by atoms with E-state index in [1.807, 2.05) is 24.3 Å². The van der Waals surface area contributed by atoms with E-state index >= 15 is 0 Å². The number of benzene rings is 1. The summed E-state index contributed by atoms with van der Waals surface area (Å²) in [6.07, 6.45) is 1.03. The van der Waals surface area contributed by atoms with Gasteiger partial charge >= 0.3 is 0 Å². The number of rotatable bonds is 8. The van der Waals surface area contributed by atoms with Crippen molar-refractivity contribution in [2.45, 2.75) is 26.3 Å². The third-order valence-electron chi connectivity index (χ3n) is 2.77. The molecule has 2 nitrogen and oxygen atoms in total. The van der Waals surface area contributed by atoms with Crippen molar-refractivity contribution in [2.75, 3.05) is 25.6 Å². The molecule has 0 amide bonds. The molecule has 0 fully saturated rings. The van der Waals surface area contributed by atoms with Crippen LogP contribution in [0.5, 0.6) is 5.75 Å². The molecule has 0 radical (unpaired) electrons. The fourth-order valence-corrected chi connectivity index (χ4v) is 2.09. The normalized spacial score (nSPS) is 11.2. The first kappa shape index (κ1) is 15.8. The Labute approximate surface area is 123 Å². The second kappa shape index (κ2) is 8.78. The van der Waals surface area contributed by atoms with Crippen LogP contribution in [-0.4, -0.2) is 36.5 Å². The Balaban J connectivity index is 2.31. The first-order chi connectivity index (χ1) is 8.63. The maximum Gasteiger partial charge on any atom is 0.119 e. The van der Waals surface area contributed by atoms with Gasteiger partial charge in [0.15, 0.2) is 0 Å². The minimum absolute atomic E-state index is 0.529. The lowest BCUT2D eigenvalue weighted by molar-refractivity contribution is 0.176. The Morgan fingerprint density at radius 3 is 2.44 bits per heavy atom. The topological polar surface area (TPSA) is 12.5 Å². The second-order valence-corrected chi connectivity index (χ2v) is 5.77. The summed E-state index contributed by atoms with van der Waals surface area (Å²) < 4.78 is 6.80. The number of ether oxygens (including phenoxy) is 1. The lowest BCUT2D eigenvalue weighted by Crippen LogP contribution is -2.35. The molecule has 0 N–H and O–H groups in total. The summed E-state index contributed by atoms with van der Waals surface area (Å²) in [5.41, 5.74) is 0. The molecule has 0 saturated carbocycles. The molecule has 0 aliphatic rings. The standard InChI is InChI=1S/C14H21BrClNO/c1-12(2)17(9-3-8-16)10-11-18-14-6-4-13(15)5-7-14/h4-7,12H,3,8-11H2,1-2H3. The summed E-state index contributed by atoms with van der Waals surface area (Å²) in [5, 5.41) is 0. The van der Waals surface area contributed by atoms with E-state index in [-0.39, 0.29) is 0 Å². The SMILES string of the molecule is CC(C)N(CCCCl)CCOc1ccc(Br)cc1. The Kier molecular flexibility index (Phi) is 7.71.